The van der Waals surface area contributed by atoms with Crippen LogP contribution < -0.4 is 16.0 Å². The van der Waals surface area contributed by atoms with Gasteiger partial charge in [0.25, 0.3) is 0 Å². The van der Waals surface area contributed by atoms with Gasteiger partial charge < -0.3 is 16.0 Å². The summed E-state index contributed by atoms with van der Waals surface area (Å²) in [5.74, 6) is 0.723. The molecule has 3 N–H and O–H groups in total. The van der Waals surface area contributed by atoms with Crippen LogP contribution in [-0.2, 0) is 16.8 Å². The van der Waals surface area contributed by atoms with Crippen molar-refractivity contribution >= 4 is 11.9 Å². The number of hydrogen-bond donors (Lipinski definition) is 3. The molecule has 0 unspecified atom stereocenters. The van der Waals surface area contributed by atoms with Crippen LogP contribution in [-0.4, -0.2) is 32.0 Å². The van der Waals surface area contributed by atoms with Crippen molar-refractivity contribution in [2.45, 2.75) is 32.2 Å². The molecule has 2 rings (SSSR count). The minimum absolute atomic E-state index is 0.0198. The molecular weight excluding hydrogens is 336 g/mol. The fourth-order valence-corrected chi connectivity index (χ4v) is 2.70. The second-order valence-electron chi connectivity index (χ2n) is 7.11. The second kappa shape index (κ2) is 10.4. The first-order chi connectivity index (χ1) is 13.0. The first kappa shape index (κ1) is 20.5. The number of hydrogen-bond acceptors (Lipinski definition) is 2. The summed E-state index contributed by atoms with van der Waals surface area (Å²) >= 11 is 0. The topological polar surface area (TPSA) is 65.5 Å². The Hall–Kier alpha value is -2.82. The molecule has 0 saturated heterocycles. The Balaban J connectivity index is 1.70. The van der Waals surface area contributed by atoms with Crippen molar-refractivity contribution in [1.82, 2.24) is 16.0 Å². The summed E-state index contributed by atoms with van der Waals surface area (Å²) < 4.78 is 0. The van der Waals surface area contributed by atoms with Gasteiger partial charge in [-0.2, -0.15) is 0 Å². The average molecular weight is 367 g/mol. The van der Waals surface area contributed by atoms with Gasteiger partial charge >= 0.3 is 0 Å². The maximum Gasteiger partial charge on any atom is 0.222 e. The van der Waals surface area contributed by atoms with Crippen LogP contribution in [0.1, 0.15) is 31.4 Å². The monoisotopic (exact) mass is 366 g/mol. The molecule has 0 saturated carbocycles. The van der Waals surface area contributed by atoms with Crippen LogP contribution in [0.5, 0.6) is 0 Å². The Morgan fingerprint density at radius 3 is 2.19 bits per heavy atom. The molecule has 2 aromatic carbocycles. The van der Waals surface area contributed by atoms with E-state index >= 15 is 0 Å². The van der Waals surface area contributed by atoms with E-state index in [-0.39, 0.29) is 11.3 Å². The third-order valence-corrected chi connectivity index (χ3v) is 4.45. The lowest BCUT2D eigenvalue weighted by atomic mass is 9.85. The highest BCUT2D eigenvalue weighted by Crippen LogP contribution is 2.21. The van der Waals surface area contributed by atoms with E-state index in [1.807, 2.05) is 36.4 Å². The Kier molecular flexibility index (Phi) is 7.86. The molecule has 0 aromatic heterocycles. The zero-order chi connectivity index (χ0) is 19.5. The Bertz CT molecular complexity index is 726. The highest BCUT2D eigenvalue weighted by Gasteiger charge is 2.20. The van der Waals surface area contributed by atoms with E-state index < -0.39 is 0 Å². The van der Waals surface area contributed by atoms with Crippen molar-refractivity contribution in [3.63, 3.8) is 0 Å². The van der Waals surface area contributed by atoms with Gasteiger partial charge in [0, 0.05) is 38.5 Å². The van der Waals surface area contributed by atoms with Crippen LogP contribution in [0.25, 0.3) is 0 Å². The minimum Gasteiger partial charge on any atom is -0.356 e. The van der Waals surface area contributed by atoms with Gasteiger partial charge in [-0.25, -0.2) is 0 Å². The molecule has 0 aliphatic heterocycles. The number of nitrogens with zero attached hydrogens (tertiary/aromatic N) is 1. The average Bonchev–Trinajstić information content (AvgIpc) is 2.70. The Morgan fingerprint density at radius 1 is 0.926 bits per heavy atom. The standard InChI is InChI=1S/C22H30N4O/c1-22(2,19-12-8-5-9-13-19)17-26-21(23-3)24-15-14-20(27)25-16-18-10-6-4-7-11-18/h4-13H,14-17H2,1-3H3,(H,25,27)(H2,23,24,26). The number of amides is 1. The smallest absolute Gasteiger partial charge is 0.222 e. The lowest BCUT2D eigenvalue weighted by molar-refractivity contribution is -0.121. The summed E-state index contributed by atoms with van der Waals surface area (Å²) in [5, 5.41) is 9.48. The molecule has 1 amide bonds. The SMILES string of the molecule is CN=C(NCCC(=O)NCc1ccccc1)NCC(C)(C)c1ccccc1. The highest BCUT2D eigenvalue weighted by molar-refractivity contribution is 5.81. The molecule has 5 heteroatoms. The van der Waals surface area contributed by atoms with Gasteiger partial charge in [0.05, 0.1) is 0 Å². The van der Waals surface area contributed by atoms with Crippen molar-refractivity contribution in [1.29, 1.82) is 0 Å². The molecule has 0 aliphatic rings. The molecule has 5 nitrogen and oxygen atoms in total. The van der Waals surface area contributed by atoms with Gasteiger partial charge in [-0.3, -0.25) is 9.79 Å². The third kappa shape index (κ3) is 7.13. The van der Waals surface area contributed by atoms with Crippen LogP contribution >= 0.6 is 0 Å². The quantitative estimate of drug-likeness (QED) is 0.497. The molecule has 0 radical (unpaired) electrons. The molecule has 0 fully saturated rings. The van der Waals surface area contributed by atoms with Crippen molar-refractivity contribution in [2.75, 3.05) is 20.1 Å². The molecule has 0 aliphatic carbocycles. The maximum absolute atomic E-state index is 12.0. The van der Waals surface area contributed by atoms with Gasteiger partial charge in [0.15, 0.2) is 5.96 Å². The summed E-state index contributed by atoms with van der Waals surface area (Å²) in [4.78, 5) is 16.2. The molecule has 0 heterocycles. The van der Waals surface area contributed by atoms with Crippen LogP contribution in [0.15, 0.2) is 65.7 Å². The van der Waals surface area contributed by atoms with Crippen LogP contribution in [0, 0.1) is 0 Å². The molecule has 144 valence electrons. The largest absolute Gasteiger partial charge is 0.356 e. The highest BCUT2D eigenvalue weighted by atomic mass is 16.1. The second-order valence-corrected chi connectivity index (χ2v) is 7.11. The predicted molar refractivity (Wildman–Crippen MR) is 112 cm³/mol. The van der Waals surface area contributed by atoms with Crippen LogP contribution in [0.4, 0.5) is 0 Å². The lowest BCUT2D eigenvalue weighted by Gasteiger charge is -2.26. The first-order valence-corrected chi connectivity index (χ1v) is 9.32. The summed E-state index contributed by atoms with van der Waals surface area (Å²) in [5.41, 5.74) is 2.35. The van der Waals surface area contributed by atoms with Crippen molar-refractivity contribution in [2.24, 2.45) is 4.99 Å². The zero-order valence-electron chi connectivity index (χ0n) is 16.5. The fraction of sp³-hybridized carbons (Fsp3) is 0.364. The molecule has 27 heavy (non-hydrogen) atoms. The van der Waals surface area contributed by atoms with Gasteiger partial charge in [0.1, 0.15) is 0 Å². The van der Waals surface area contributed by atoms with Gasteiger partial charge in [0.2, 0.25) is 5.91 Å². The van der Waals surface area contributed by atoms with Crippen molar-refractivity contribution in [3.8, 4) is 0 Å². The number of rotatable bonds is 8. The number of carbonyl (C=O) groups excluding carboxylic acids is 1. The van der Waals surface area contributed by atoms with Crippen molar-refractivity contribution < 1.29 is 4.79 Å². The van der Waals surface area contributed by atoms with E-state index in [2.05, 4.69) is 59.1 Å². The van der Waals surface area contributed by atoms with E-state index in [1.165, 1.54) is 5.56 Å². The van der Waals surface area contributed by atoms with E-state index in [0.29, 0.717) is 25.5 Å². The summed E-state index contributed by atoms with van der Waals surface area (Å²) in [6, 6.07) is 20.3. The lowest BCUT2D eigenvalue weighted by Crippen LogP contribution is -2.44. The molecule has 2 aromatic rings. The van der Waals surface area contributed by atoms with E-state index in [9.17, 15) is 4.79 Å². The van der Waals surface area contributed by atoms with E-state index in [4.69, 9.17) is 0 Å². The maximum atomic E-state index is 12.0. The van der Waals surface area contributed by atoms with Crippen LogP contribution in [0.3, 0.4) is 0 Å². The summed E-state index contributed by atoms with van der Waals surface area (Å²) in [6.45, 7) is 6.22. The van der Waals surface area contributed by atoms with Gasteiger partial charge in [-0.1, -0.05) is 74.5 Å². The number of benzene rings is 2. The van der Waals surface area contributed by atoms with Crippen LogP contribution in [0.2, 0.25) is 0 Å². The number of guanidine groups is 1. The first-order valence-electron chi connectivity index (χ1n) is 9.32. The Labute approximate surface area is 162 Å². The van der Waals surface area contributed by atoms with E-state index in [1.54, 1.807) is 7.05 Å². The predicted octanol–water partition coefficient (Wildman–Crippen LogP) is 2.84. The normalized spacial score (nSPS) is 11.7. The number of nitrogens with one attached hydrogen (secondary N) is 3. The summed E-state index contributed by atoms with van der Waals surface area (Å²) in [7, 11) is 1.74. The third-order valence-electron chi connectivity index (χ3n) is 4.45. The summed E-state index contributed by atoms with van der Waals surface area (Å²) in [6.07, 6.45) is 0.398. The number of carbonyl (C=O) groups is 1. The molecule has 0 spiro atoms. The zero-order valence-corrected chi connectivity index (χ0v) is 16.5. The molecule has 0 atom stereocenters. The fourth-order valence-electron chi connectivity index (χ4n) is 2.70. The van der Waals surface area contributed by atoms with Gasteiger partial charge in [-0.05, 0) is 11.1 Å². The number of aliphatic imine (C=N–C) groups is 1. The molecule has 0 bridgehead atoms. The minimum atomic E-state index is -0.0219. The van der Waals surface area contributed by atoms with Gasteiger partial charge in [-0.15, -0.1) is 0 Å². The molecular formula is C22H30N4O. The van der Waals surface area contributed by atoms with Crippen molar-refractivity contribution in [3.05, 3.63) is 71.8 Å². The van der Waals surface area contributed by atoms with E-state index in [0.717, 1.165) is 12.1 Å². The Morgan fingerprint density at radius 2 is 1.56 bits per heavy atom.